The number of anilines is 1. The molecule has 0 aliphatic carbocycles. The molecule has 0 unspecified atom stereocenters. The van der Waals surface area contributed by atoms with Crippen LogP contribution < -0.4 is 10.0 Å². The first-order valence-corrected chi connectivity index (χ1v) is 9.36. The fourth-order valence-electron chi connectivity index (χ4n) is 2.24. The normalized spacial score (nSPS) is 12.2. The molecule has 1 aromatic carbocycles. The Balaban J connectivity index is 2.23. The van der Waals surface area contributed by atoms with Gasteiger partial charge in [0.05, 0.1) is 4.90 Å². The highest BCUT2D eigenvalue weighted by atomic mass is 32.2. The van der Waals surface area contributed by atoms with E-state index >= 15 is 0 Å². The first-order valence-electron chi connectivity index (χ1n) is 7.88. The summed E-state index contributed by atoms with van der Waals surface area (Å²) < 4.78 is 27.9. The van der Waals surface area contributed by atoms with Crippen molar-refractivity contribution >= 4 is 15.8 Å². The third kappa shape index (κ3) is 5.01. The molecule has 0 spiro atoms. The average Bonchev–Trinajstić information content (AvgIpc) is 2.51. The van der Waals surface area contributed by atoms with Gasteiger partial charge < -0.3 is 5.32 Å². The summed E-state index contributed by atoms with van der Waals surface area (Å²) in [6, 6.07) is 8.82. The molecular formula is C17H24N4O2S. The summed E-state index contributed by atoms with van der Waals surface area (Å²) in [4.78, 5) is 8.59. The fourth-order valence-corrected chi connectivity index (χ4v) is 3.90. The van der Waals surface area contributed by atoms with E-state index in [-0.39, 0.29) is 4.90 Å². The van der Waals surface area contributed by atoms with E-state index in [9.17, 15) is 8.42 Å². The number of nitrogens with one attached hydrogen (secondary N) is 2. The van der Waals surface area contributed by atoms with E-state index in [2.05, 4.69) is 20.0 Å². The molecule has 7 heteroatoms. The molecule has 0 amide bonds. The second kappa shape index (κ2) is 7.27. The van der Waals surface area contributed by atoms with Crippen LogP contribution in [0.15, 0.2) is 41.6 Å². The number of nitrogens with zero attached hydrogens (tertiary/aromatic N) is 2. The minimum absolute atomic E-state index is 0.275. The van der Waals surface area contributed by atoms with Crippen molar-refractivity contribution in [2.45, 2.75) is 51.1 Å². The molecule has 0 aliphatic rings. The Hall–Kier alpha value is -1.99. The lowest BCUT2D eigenvalue weighted by atomic mass is 10.1. The highest BCUT2D eigenvalue weighted by Crippen LogP contribution is 2.19. The van der Waals surface area contributed by atoms with Crippen LogP contribution in [0, 0.1) is 0 Å². The summed E-state index contributed by atoms with van der Waals surface area (Å²) in [7, 11) is -3.59. The van der Waals surface area contributed by atoms with Gasteiger partial charge in [-0.15, -0.1) is 0 Å². The van der Waals surface area contributed by atoms with E-state index in [1.807, 2.05) is 39.8 Å². The molecule has 2 rings (SSSR count). The van der Waals surface area contributed by atoms with Crippen LogP contribution in [-0.4, -0.2) is 23.9 Å². The van der Waals surface area contributed by atoms with Gasteiger partial charge in [0.15, 0.2) is 0 Å². The lowest BCUT2D eigenvalue weighted by Crippen LogP contribution is -2.40. The van der Waals surface area contributed by atoms with Crippen molar-refractivity contribution in [1.82, 2.24) is 14.7 Å². The number of sulfonamides is 1. The van der Waals surface area contributed by atoms with Crippen LogP contribution in [0.2, 0.25) is 0 Å². The summed E-state index contributed by atoms with van der Waals surface area (Å²) >= 11 is 0. The predicted molar refractivity (Wildman–Crippen MR) is 95.3 cm³/mol. The zero-order valence-corrected chi connectivity index (χ0v) is 15.3. The maximum atomic E-state index is 12.6. The summed E-state index contributed by atoms with van der Waals surface area (Å²) in [5, 5.41) is 3.17. The highest BCUT2D eigenvalue weighted by Gasteiger charge is 2.24. The van der Waals surface area contributed by atoms with Gasteiger partial charge in [0.25, 0.3) is 0 Å². The molecule has 0 bridgehead atoms. The number of benzene rings is 1. The highest BCUT2D eigenvalue weighted by molar-refractivity contribution is 7.89. The summed E-state index contributed by atoms with van der Waals surface area (Å²) in [6.07, 6.45) is 2.32. The van der Waals surface area contributed by atoms with Crippen LogP contribution in [0.5, 0.6) is 0 Å². The third-order valence-electron chi connectivity index (χ3n) is 3.25. The second-order valence-electron chi connectivity index (χ2n) is 6.56. The SMILES string of the molecule is CCc1cc(NCc2ccccc2S(=O)(=O)NC(C)(C)C)ncn1. The van der Waals surface area contributed by atoms with Gasteiger partial charge >= 0.3 is 0 Å². The summed E-state index contributed by atoms with van der Waals surface area (Å²) in [5.41, 5.74) is 1.08. The molecule has 130 valence electrons. The average molecular weight is 348 g/mol. The van der Waals surface area contributed by atoms with Crippen LogP contribution >= 0.6 is 0 Å². The quantitative estimate of drug-likeness (QED) is 0.838. The third-order valence-corrected chi connectivity index (χ3v) is 5.11. The number of rotatable bonds is 6. The monoisotopic (exact) mass is 348 g/mol. The van der Waals surface area contributed by atoms with Crippen molar-refractivity contribution in [3.63, 3.8) is 0 Å². The second-order valence-corrected chi connectivity index (χ2v) is 8.22. The van der Waals surface area contributed by atoms with Gasteiger partial charge in [0, 0.05) is 23.8 Å². The Morgan fingerprint density at radius 3 is 2.50 bits per heavy atom. The minimum atomic E-state index is -3.59. The maximum Gasteiger partial charge on any atom is 0.241 e. The van der Waals surface area contributed by atoms with Gasteiger partial charge in [-0.05, 0) is 38.8 Å². The van der Waals surface area contributed by atoms with Crippen molar-refractivity contribution in [1.29, 1.82) is 0 Å². The van der Waals surface area contributed by atoms with Gasteiger partial charge in [-0.25, -0.2) is 23.1 Å². The van der Waals surface area contributed by atoms with E-state index < -0.39 is 15.6 Å². The molecular weight excluding hydrogens is 324 g/mol. The Morgan fingerprint density at radius 2 is 1.83 bits per heavy atom. The summed E-state index contributed by atoms with van der Waals surface area (Å²) in [6.45, 7) is 7.84. The molecule has 1 aromatic heterocycles. The van der Waals surface area contributed by atoms with E-state index in [1.165, 1.54) is 6.33 Å². The number of hydrogen-bond donors (Lipinski definition) is 2. The van der Waals surface area contributed by atoms with Gasteiger partial charge in [0.1, 0.15) is 12.1 Å². The molecule has 0 radical (unpaired) electrons. The van der Waals surface area contributed by atoms with Crippen LogP contribution in [0.25, 0.3) is 0 Å². The lowest BCUT2D eigenvalue weighted by molar-refractivity contribution is 0.491. The standard InChI is InChI=1S/C17H24N4O2S/c1-5-14-10-16(20-12-19-14)18-11-13-8-6-7-9-15(13)24(22,23)21-17(2,3)4/h6-10,12,21H,5,11H2,1-4H3,(H,18,19,20). The molecule has 0 atom stereocenters. The molecule has 0 aliphatic heterocycles. The number of aromatic nitrogens is 2. The smallest absolute Gasteiger partial charge is 0.241 e. The van der Waals surface area contributed by atoms with Gasteiger partial charge in [0.2, 0.25) is 10.0 Å². The van der Waals surface area contributed by atoms with E-state index in [0.29, 0.717) is 17.9 Å². The van der Waals surface area contributed by atoms with E-state index in [4.69, 9.17) is 0 Å². The summed E-state index contributed by atoms with van der Waals surface area (Å²) in [5.74, 6) is 0.679. The zero-order valence-electron chi connectivity index (χ0n) is 14.5. The van der Waals surface area contributed by atoms with Crippen LogP contribution in [0.4, 0.5) is 5.82 Å². The fraction of sp³-hybridized carbons (Fsp3) is 0.412. The Labute approximate surface area is 143 Å². The van der Waals surface area contributed by atoms with Crippen molar-refractivity contribution in [2.24, 2.45) is 0 Å². The van der Waals surface area contributed by atoms with Gasteiger partial charge in [-0.1, -0.05) is 25.1 Å². The van der Waals surface area contributed by atoms with Crippen LogP contribution in [0.3, 0.4) is 0 Å². The molecule has 2 N–H and O–H groups in total. The molecule has 2 aromatic rings. The number of hydrogen-bond acceptors (Lipinski definition) is 5. The van der Waals surface area contributed by atoms with Gasteiger partial charge in [-0.3, -0.25) is 0 Å². The first kappa shape index (κ1) is 18.4. The Bertz CT molecular complexity index is 798. The van der Waals surface area contributed by atoms with Gasteiger partial charge in [-0.2, -0.15) is 0 Å². The van der Waals surface area contributed by atoms with Crippen molar-refractivity contribution < 1.29 is 8.42 Å². The molecule has 0 saturated heterocycles. The Kier molecular flexibility index (Phi) is 5.56. The Morgan fingerprint density at radius 1 is 1.12 bits per heavy atom. The predicted octanol–water partition coefficient (Wildman–Crippen LogP) is 2.73. The largest absolute Gasteiger partial charge is 0.366 e. The molecule has 0 fully saturated rings. The van der Waals surface area contributed by atoms with E-state index in [0.717, 1.165) is 12.1 Å². The lowest BCUT2D eigenvalue weighted by Gasteiger charge is -2.21. The molecule has 24 heavy (non-hydrogen) atoms. The van der Waals surface area contributed by atoms with Crippen molar-refractivity contribution in [3.05, 3.63) is 47.9 Å². The maximum absolute atomic E-state index is 12.6. The van der Waals surface area contributed by atoms with Crippen molar-refractivity contribution in [2.75, 3.05) is 5.32 Å². The van der Waals surface area contributed by atoms with Crippen LogP contribution in [-0.2, 0) is 23.0 Å². The molecule has 1 heterocycles. The molecule has 0 saturated carbocycles. The molecule has 6 nitrogen and oxygen atoms in total. The van der Waals surface area contributed by atoms with Crippen molar-refractivity contribution in [3.8, 4) is 0 Å². The van der Waals surface area contributed by atoms with E-state index in [1.54, 1.807) is 18.2 Å². The minimum Gasteiger partial charge on any atom is -0.366 e. The zero-order chi connectivity index (χ0) is 17.8. The topological polar surface area (TPSA) is 84.0 Å². The van der Waals surface area contributed by atoms with Crippen LogP contribution in [0.1, 0.15) is 39.0 Å². The number of aryl methyl sites for hydroxylation is 1. The first-order chi connectivity index (χ1) is 11.2.